The first-order valence-corrected chi connectivity index (χ1v) is 12.0. The summed E-state index contributed by atoms with van der Waals surface area (Å²) in [5, 5.41) is 21.3. The quantitative estimate of drug-likeness (QED) is 0.501. The molecule has 1 aromatic heterocycles. The average Bonchev–Trinajstić information content (AvgIpc) is 3.22. The van der Waals surface area contributed by atoms with Gasteiger partial charge in [-0.1, -0.05) is 73.5 Å². The van der Waals surface area contributed by atoms with Crippen LogP contribution < -0.4 is 5.32 Å². The van der Waals surface area contributed by atoms with Crippen molar-refractivity contribution < 1.29 is 9.18 Å². The Balaban J connectivity index is 1.60. The number of benzene rings is 2. The van der Waals surface area contributed by atoms with Crippen LogP contribution in [0.4, 0.5) is 4.39 Å². The summed E-state index contributed by atoms with van der Waals surface area (Å²) in [6.07, 6.45) is 4.31. The van der Waals surface area contributed by atoms with Crippen molar-refractivity contribution in [3.05, 3.63) is 66.0 Å². The third kappa shape index (κ3) is 5.25. The van der Waals surface area contributed by atoms with Crippen molar-refractivity contribution in [1.82, 2.24) is 20.1 Å². The van der Waals surface area contributed by atoms with Crippen LogP contribution in [0.2, 0.25) is 0 Å². The Morgan fingerprint density at radius 3 is 2.55 bits per heavy atom. The van der Waals surface area contributed by atoms with Crippen molar-refractivity contribution in [1.29, 1.82) is 5.26 Å². The lowest BCUT2D eigenvalue weighted by molar-refractivity contribution is -0.121. The number of carbonyl (C=O) groups is 1. The van der Waals surface area contributed by atoms with Crippen LogP contribution >= 0.6 is 11.8 Å². The topological polar surface area (TPSA) is 83.6 Å². The third-order valence-electron chi connectivity index (χ3n) is 5.95. The monoisotopic (exact) mass is 463 g/mol. The zero-order valence-electron chi connectivity index (χ0n) is 18.5. The van der Waals surface area contributed by atoms with Gasteiger partial charge in [-0.2, -0.15) is 5.26 Å². The minimum atomic E-state index is -0.791. The summed E-state index contributed by atoms with van der Waals surface area (Å²) in [6.45, 7) is 2.23. The Morgan fingerprint density at radius 1 is 1.15 bits per heavy atom. The molecule has 8 heteroatoms. The summed E-state index contributed by atoms with van der Waals surface area (Å²) in [6, 6.07) is 18.6. The Morgan fingerprint density at radius 2 is 1.85 bits per heavy atom. The molecule has 4 rings (SSSR count). The molecular weight excluding hydrogens is 437 g/mol. The maximum atomic E-state index is 14.6. The fourth-order valence-corrected chi connectivity index (χ4v) is 4.94. The van der Waals surface area contributed by atoms with Crippen LogP contribution in [-0.4, -0.2) is 31.5 Å². The van der Waals surface area contributed by atoms with E-state index in [0.717, 1.165) is 24.8 Å². The number of halogens is 1. The van der Waals surface area contributed by atoms with Crippen molar-refractivity contribution >= 4 is 17.7 Å². The molecule has 3 aromatic rings. The molecule has 1 unspecified atom stereocenters. The number of rotatable bonds is 7. The predicted molar refractivity (Wildman–Crippen MR) is 126 cm³/mol. The summed E-state index contributed by atoms with van der Waals surface area (Å²) < 4.78 is 16.4. The standard InChI is InChI=1S/C25H26FN5OS/c1-18(23(32)28-25(17-27)14-8-3-9-15-25)33-24-30-29-22(20-12-6-7-13-21(20)26)31(24)16-19-10-4-2-5-11-19/h2,4-7,10-13,18H,3,8-9,14-16H2,1H3,(H,28,32). The van der Waals surface area contributed by atoms with Gasteiger partial charge < -0.3 is 5.32 Å². The largest absolute Gasteiger partial charge is 0.337 e. The van der Waals surface area contributed by atoms with Gasteiger partial charge in [0.1, 0.15) is 11.4 Å². The molecule has 0 spiro atoms. The highest BCUT2D eigenvalue weighted by Crippen LogP contribution is 2.31. The van der Waals surface area contributed by atoms with E-state index in [1.54, 1.807) is 25.1 Å². The zero-order chi connectivity index (χ0) is 23.3. The van der Waals surface area contributed by atoms with Crippen molar-refractivity contribution in [3.63, 3.8) is 0 Å². The molecule has 2 aromatic carbocycles. The number of hydrogen-bond donors (Lipinski definition) is 1. The molecule has 1 saturated carbocycles. The normalized spacial score (nSPS) is 16.0. The molecule has 1 amide bonds. The van der Waals surface area contributed by atoms with Gasteiger partial charge >= 0.3 is 0 Å². The van der Waals surface area contributed by atoms with Gasteiger partial charge in [-0.25, -0.2) is 4.39 Å². The lowest BCUT2D eigenvalue weighted by Crippen LogP contribution is -2.51. The van der Waals surface area contributed by atoms with Crippen molar-refractivity contribution in [3.8, 4) is 17.5 Å². The number of thioether (sulfide) groups is 1. The molecule has 0 aliphatic heterocycles. The van der Waals surface area contributed by atoms with Crippen molar-refractivity contribution in [2.24, 2.45) is 0 Å². The number of amides is 1. The minimum absolute atomic E-state index is 0.204. The van der Waals surface area contributed by atoms with Gasteiger partial charge in [-0.15, -0.1) is 10.2 Å². The third-order valence-corrected chi connectivity index (χ3v) is 7.03. The second-order valence-electron chi connectivity index (χ2n) is 8.36. The van der Waals surface area contributed by atoms with E-state index in [-0.39, 0.29) is 11.7 Å². The van der Waals surface area contributed by atoms with Crippen molar-refractivity contribution in [2.75, 3.05) is 0 Å². The second kappa shape index (κ2) is 10.2. The number of nitrogens with zero attached hydrogens (tertiary/aromatic N) is 4. The van der Waals surface area contributed by atoms with Crippen LogP contribution in [-0.2, 0) is 11.3 Å². The Hall–Kier alpha value is -3.18. The summed E-state index contributed by atoms with van der Waals surface area (Å²) in [4.78, 5) is 13.0. The number of nitrogens with one attached hydrogen (secondary N) is 1. The highest BCUT2D eigenvalue weighted by Gasteiger charge is 2.35. The van der Waals surface area contributed by atoms with Gasteiger partial charge in [-0.3, -0.25) is 9.36 Å². The van der Waals surface area contributed by atoms with Gasteiger partial charge in [0, 0.05) is 0 Å². The Bertz CT molecular complexity index is 1150. The van der Waals surface area contributed by atoms with E-state index in [4.69, 9.17) is 0 Å². The van der Waals surface area contributed by atoms with Crippen LogP contribution in [0.15, 0.2) is 59.8 Å². The van der Waals surface area contributed by atoms with Gasteiger partial charge in [-0.05, 0) is 37.5 Å². The number of aromatic nitrogens is 3. The van der Waals surface area contributed by atoms with E-state index < -0.39 is 10.8 Å². The molecule has 6 nitrogen and oxygen atoms in total. The SMILES string of the molecule is CC(Sc1nnc(-c2ccccc2F)n1Cc1ccccc1)C(=O)NC1(C#N)CCCCC1. The first-order valence-electron chi connectivity index (χ1n) is 11.1. The van der Waals surface area contributed by atoms with E-state index in [9.17, 15) is 14.4 Å². The van der Waals surface area contributed by atoms with Gasteiger partial charge in [0.25, 0.3) is 0 Å². The van der Waals surface area contributed by atoms with Crippen LogP contribution in [0.1, 0.15) is 44.6 Å². The van der Waals surface area contributed by atoms with Gasteiger partial charge in [0.15, 0.2) is 11.0 Å². The molecule has 1 heterocycles. The molecule has 170 valence electrons. The van der Waals surface area contributed by atoms with Crippen LogP contribution in [0.3, 0.4) is 0 Å². The smallest absolute Gasteiger partial charge is 0.234 e. The van der Waals surface area contributed by atoms with E-state index in [0.29, 0.717) is 35.9 Å². The van der Waals surface area contributed by atoms with E-state index in [2.05, 4.69) is 21.6 Å². The van der Waals surface area contributed by atoms with E-state index in [1.165, 1.54) is 17.8 Å². The fraction of sp³-hybridized carbons (Fsp3) is 0.360. The first-order chi connectivity index (χ1) is 16.0. The Kier molecular flexibility index (Phi) is 7.09. The molecule has 1 fully saturated rings. The lowest BCUT2D eigenvalue weighted by Gasteiger charge is -2.32. The molecule has 1 aliphatic rings. The van der Waals surface area contributed by atoms with E-state index >= 15 is 0 Å². The maximum absolute atomic E-state index is 14.6. The molecule has 1 N–H and O–H groups in total. The zero-order valence-corrected chi connectivity index (χ0v) is 19.3. The summed E-state index contributed by atoms with van der Waals surface area (Å²) in [5.41, 5.74) is 0.579. The fourth-order valence-electron chi connectivity index (χ4n) is 4.10. The predicted octanol–water partition coefficient (Wildman–Crippen LogP) is 4.96. The number of nitriles is 1. The molecule has 1 aliphatic carbocycles. The maximum Gasteiger partial charge on any atom is 0.234 e. The molecule has 0 bridgehead atoms. The second-order valence-corrected chi connectivity index (χ2v) is 9.67. The number of carbonyl (C=O) groups excluding carboxylic acids is 1. The van der Waals surface area contributed by atoms with Crippen molar-refractivity contribution in [2.45, 2.75) is 61.5 Å². The first kappa shape index (κ1) is 23.0. The van der Waals surface area contributed by atoms with Crippen LogP contribution in [0, 0.1) is 17.1 Å². The molecule has 33 heavy (non-hydrogen) atoms. The summed E-state index contributed by atoms with van der Waals surface area (Å²) in [7, 11) is 0. The van der Waals surface area contributed by atoms with Crippen LogP contribution in [0.5, 0.6) is 0 Å². The average molecular weight is 464 g/mol. The highest BCUT2D eigenvalue weighted by atomic mass is 32.2. The van der Waals surface area contributed by atoms with Gasteiger partial charge in [0.05, 0.1) is 23.4 Å². The minimum Gasteiger partial charge on any atom is -0.337 e. The molecule has 0 saturated heterocycles. The molecule has 1 atom stereocenters. The molecule has 0 radical (unpaired) electrons. The number of hydrogen-bond acceptors (Lipinski definition) is 5. The van der Waals surface area contributed by atoms with Gasteiger partial charge in [0.2, 0.25) is 5.91 Å². The summed E-state index contributed by atoms with van der Waals surface area (Å²) in [5.74, 6) is -0.173. The van der Waals surface area contributed by atoms with Crippen LogP contribution in [0.25, 0.3) is 11.4 Å². The highest BCUT2D eigenvalue weighted by molar-refractivity contribution is 8.00. The Labute approximate surface area is 197 Å². The molecular formula is C25H26FN5OS. The van der Waals surface area contributed by atoms with E-state index in [1.807, 2.05) is 34.9 Å². The lowest BCUT2D eigenvalue weighted by atomic mass is 9.83. The summed E-state index contributed by atoms with van der Waals surface area (Å²) >= 11 is 1.26.